The first-order valence-electron chi connectivity index (χ1n) is 13.8. The highest BCUT2D eigenvalue weighted by molar-refractivity contribution is 7.89. The number of amides is 1. The fourth-order valence-electron chi connectivity index (χ4n) is 5.48. The van der Waals surface area contributed by atoms with E-state index >= 15 is 0 Å². The van der Waals surface area contributed by atoms with Crippen molar-refractivity contribution in [3.8, 4) is 28.0 Å². The normalized spacial score (nSPS) is 14.4. The van der Waals surface area contributed by atoms with Gasteiger partial charge in [0.25, 0.3) is 5.91 Å². The van der Waals surface area contributed by atoms with E-state index in [0.717, 1.165) is 63.0 Å². The monoisotopic (exact) mass is 609 g/mol. The molecule has 0 radical (unpaired) electrons. The van der Waals surface area contributed by atoms with Crippen LogP contribution in [0, 0.1) is 0 Å². The lowest BCUT2D eigenvalue weighted by Crippen LogP contribution is -2.47. The molecule has 0 unspecified atom stereocenters. The number of H-pyrrole nitrogens is 1. The molecule has 1 aliphatic heterocycles. The van der Waals surface area contributed by atoms with Gasteiger partial charge in [0, 0.05) is 77.7 Å². The van der Waals surface area contributed by atoms with Crippen LogP contribution in [-0.2, 0) is 10.1 Å². The van der Waals surface area contributed by atoms with E-state index in [4.69, 9.17) is 9.17 Å². The highest BCUT2D eigenvalue weighted by Crippen LogP contribution is 2.41. The topological polar surface area (TPSA) is 108 Å². The Morgan fingerprint density at radius 2 is 1.72 bits per heavy atom. The lowest BCUT2D eigenvalue weighted by molar-refractivity contribution is 0.0664. The minimum absolute atomic E-state index is 0.0317. The molecule has 1 amide bonds. The van der Waals surface area contributed by atoms with Gasteiger partial charge in [0.1, 0.15) is 11.4 Å². The molecular weight excluding hydrogens is 583 g/mol. The third-order valence-corrected chi connectivity index (χ3v) is 10.3. The van der Waals surface area contributed by atoms with Crippen LogP contribution in [0.15, 0.2) is 94.9 Å². The van der Waals surface area contributed by atoms with Gasteiger partial charge in [-0.15, -0.1) is 11.3 Å². The number of rotatable bonds is 6. The number of likely N-dealkylation sites (N-methyl/N-ethyl adjacent to an activating group) is 1. The fourth-order valence-corrected chi connectivity index (χ4v) is 7.36. The number of carbonyl (C=O) groups excluding carboxylic acids is 1. The molecular formula is C32H27N5O4S2. The molecule has 1 fully saturated rings. The van der Waals surface area contributed by atoms with Crippen molar-refractivity contribution in [3.63, 3.8) is 0 Å². The lowest BCUT2D eigenvalue weighted by Gasteiger charge is -2.32. The third kappa shape index (κ3) is 5.16. The van der Waals surface area contributed by atoms with Crippen LogP contribution in [0.3, 0.4) is 0 Å². The SMILES string of the molecule is CN1CCN(C(=O)c2ccc(-c3cnc4[nH]c5ccc(OS(=O)(=O)c6cccs6)cc5c4c3-c3ccncc3)cc2)CC1. The zero-order chi connectivity index (χ0) is 29.6. The number of aromatic amines is 1. The zero-order valence-corrected chi connectivity index (χ0v) is 24.9. The number of piperazine rings is 1. The number of aromatic nitrogens is 3. The highest BCUT2D eigenvalue weighted by atomic mass is 32.3. The maximum Gasteiger partial charge on any atom is 0.348 e. The van der Waals surface area contributed by atoms with E-state index in [0.29, 0.717) is 24.3 Å². The number of pyridine rings is 2. The van der Waals surface area contributed by atoms with Crippen LogP contribution in [-0.4, -0.2) is 72.3 Å². The van der Waals surface area contributed by atoms with Gasteiger partial charge in [0.2, 0.25) is 0 Å². The second-order valence-electron chi connectivity index (χ2n) is 10.5. The second-order valence-corrected chi connectivity index (χ2v) is 13.2. The van der Waals surface area contributed by atoms with E-state index in [1.165, 1.54) is 6.07 Å². The van der Waals surface area contributed by atoms with Crippen molar-refractivity contribution in [2.24, 2.45) is 0 Å². The molecule has 1 saturated heterocycles. The van der Waals surface area contributed by atoms with Crippen LogP contribution in [0.1, 0.15) is 10.4 Å². The number of benzene rings is 2. The van der Waals surface area contributed by atoms with Gasteiger partial charge in [-0.05, 0) is 72.1 Å². The van der Waals surface area contributed by atoms with Gasteiger partial charge < -0.3 is 19.0 Å². The maximum absolute atomic E-state index is 13.2. The zero-order valence-electron chi connectivity index (χ0n) is 23.2. The van der Waals surface area contributed by atoms with Crippen molar-refractivity contribution >= 4 is 49.3 Å². The first-order valence-corrected chi connectivity index (χ1v) is 16.1. The van der Waals surface area contributed by atoms with E-state index in [9.17, 15) is 13.2 Å². The summed E-state index contributed by atoms with van der Waals surface area (Å²) < 4.78 is 31.4. The summed E-state index contributed by atoms with van der Waals surface area (Å²) in [5.41, 5.74) is 5.71. The fraction of sp³-hybridized carbons (Fsp3) is 0.156. The Morgan fingerprint density at radius 3 is 2.44 bits per heavy atom. The smallest absolute Gasteiger partial charge is 0.348 e. The molecule has 4 aromatic heterocycles. The van der Waals surface area contributed by atoms with Crippen LogP contribution >= 0.6 is 11.3 Å². The molecule has 0 saturated carbocycles. The molecule has 0 bridgehead atoms. The van der Waals surface area contributed by atoms with Gasteiger partial charge in [-0.1, -0.05) is 18.2 Å². The van der Waals surface area contributed by atoms with E-state index in [2.05, 4.69) is 21.9 Å². The molecule has 216 valence electrons. The Labute approximate surface area is 252 Å². The minimum Gasteiger partial charge on any atom is -0.378 e. The predicted molar refractivity (Wildman–Crippen MR) is 168 cm³/mol. The number of fused-ring (bicyclic) bond motifs is 3. The molecule has 11 heteroatoms. The molecule has 2 aromatic carbocycles. The summed E-state index contributed by atoms with van der Waals surface area (Å²) in [6, 6.07) is 19.9. The van der Waals surface area contributed by atoms with Crippen LogP contribution in [0.4, 0.5) is 0 Å². The summed E-state index contributed by atoms with van der Waals surface area (Å²) in [5.74, 6) is 0.240. The number of hydrogen-bond donors (Lipinski definition) is 1. The van der Waals surface area contributed by atoms with Crippen LogP contribution in [0.25, 0.3) is 44.2 Å². The van der Waals surface area contributed by atoms with Gasteiger partial charge in [0.15, 0.2) is 4.21 Å². The largest absolute Gasteiger partial charge is 0.378 e. The molecule has 43 heavy (non-hydrogen) atoms. The van der Waals surface area contributed by atoms with Gasteiger partial charge >= 0.3 is 10.1 Å². The average Bonchev–Trinajstić information content (AvgIpc) is 3.70. The number of hydrogen-bond acceptors (Lipinski definition) is 8. The third-order valence-electron chi connectivity index (χ3n) is 7.74. The van der Waals surface area contributed by atoms with Crippen LogP contribution in [0.5, 0.6) is 5.75 Å². The number of carbonyl (C=O) groups is 1. The van der Waals surface area contributed by atoms with E-state index in [1.54, 1.807) is 42.0 Å². The van der Waals surface area contributed by atoms with Crippen molar-refractivity contribution in [1.29, 1.82) is 0 Å². The summed E-state index contributed by atoms with van der Waals surface area (Å²) in [5, 5.41) is 3.30. The minimum atomic E-state index is -3.96. The van der Waals surface area contributed by atoms with Crippen LogP contribution < -0.4 is 4.18 Å². The standard InChI is InChI=1S/C32H27N5O4S2/c1-36-14-16-37(17-15-36)32(38)23-6-4-21(5-7-23)26-20-34-31-30(29(26)22-10-12-33-13-11-22)25-19-24(8-9-27(25)35-31)41-43(39,40)28-3-2-18-42-28/h2-13,18-20H,14-17H2,1H3,(H,34,35). The number of thiophene rings is 1. The molecule has 5 heterocycles. The molecule has 6 aromatic rings. The Kier molecular flexibility index (Phi) is 6.92. The number of nitrogens with zero attached hydrogens (tertiary/aromatic N) is 4. The van der Waals surface area contributed by atoms with Crippen LogP contribution in [0.2, 0.25) is 0 Å². The molecule has 0 spiro atoms. The van der Waals surface area contributed by atoms with E-state index in [1.807, 2.05) is 47.5 Å². The van der Waals surface area contributed by atoms with Crippen molar-refractivity contribution in [3.05, 3.63) is 96.3 Å². The average molecular weight is 610 g/mol. The maximum atomic E-state index is 13.2. The van der Waals surface area contributed by atoms with E-state index in [-0.39, 0.29) is 15.9 Å². The highest BCUT2D eigenvalue weighted by Gasteiger charge is 2.23. The molecule has 0 atom stereocenters. The van der Waals surface area contributed by atoms with Gasteiger partial charge in [-0.2, -0.15) is 8.42 Å². The molecule has 9 nitrogen and oxygen atoms in total. The Hall–Kier alpha value is -4.58. The van der Waals surface area contributed by atoms with E-state index < -0.39 is 10.1 Å². The Bertz CT molecular complexity index is 2050. The quantitative estimate of drug-likeness (QED) is 0.243. The second kappa shape index (κ2) is 10.9. The predicted octanol–water partition coefficient (Wildman–Crippen LogP) is 5.66. The summed E-state index contributed by atoms with van der Waals surface area (Å²) >= 11 is 1.11. The summed E-state index contributed by atoms with van der Waals surface area (Å²) in [4.78, 5) is 29.6. The molecule has 7 rings (SSSR count). The van der Waals surface area contributed by atoms with Crippen molar-refractivity contribution in [2.75, 3.05) is 33.2 Å². The molecule has 1 aliphatic rings. The Balaban J connectivity index is 1.33. The first-order chi connectivity index (χ1) is 20.9. The summed E-state index contributed by atoms with van der Waals surface area (Å²) in [7, 11) is -1.89. The molecule has 0 aliphatic carbocycles. The van der Waals surface area contributed by atoms with Gasteiger partial charge in [-0.3, -0.25) is 9.78 Å². The summed E-state index contributed by atoms with van der Waals surface area (Å²) in [6.45, 7) is 3.15. The lowest BCUT2D eigenvalue weighted by atomic mass is 9.93. The van der Waals surface area contributed by atoms with Gasteiger partial charge in [0.05, 0.1) is 0 Å². The van der Waals surface area contributed by atoms with Crippen molar-refractivity contribution in [2.45, 2.75) is 4.21 Å². The van der Waals surface area contributed by atoms with Crippen molar-refractivity contribution < 1.29 is 17.4 Å². The van der Waals surface area contributed by atoms with Crippen molar-refractivity contribution in [1.82, 2.24) is 24.8 Å². The Morgan fingerprint density at radius 1 is 0.953 bits per heavy atom. The number of nitrogens with one attached hydrogen (secondary N) is 1. The summed E-state index contributed by atoms with van der Waals surface area (Å²) in [6.07, 6.45) is 5.30. The molecule has 1 N–H and O–H groups in total. The van der Waals surface area contributed by atoms with Gasteiger partial charge in [-0.25, -0.2) is 4.98 Å². The first kappa shape index (κ1) is 27.3.